The van der Waals surface area contributed by atoms with Gasteiger partial charge in [-0.15, -0.1) is 0 Å². The number of benzene rings is 1. The Morgan fingerprint density at radius 2 is 1.93 bits per heavy atom. The zero-order chi connectivity index (χ0) is 19.3. The van der Waals surface area contributed by atoms with Crippen molar-refractivity contribution < 1.29 is 13.9 Å². The second kappa shape index (κ2) is 6.41. The van der Waals surface area contributed by atoms with Gasteiger partial charge in [-0.1, -0.05) is 12.1 Å². The predicted octanol–water partition coefficient (Wildman–Crippen LogP) is 4.52. The second-order valence-corrected chi connectivity index (χ2v) is 7.44. The van der Waals surface area contributed by atoms with Crippen LogP contribution in [-0.2, 0) is 11.3 Å². The molecule has 5 nitrogen and oxygen atoms in total. The topological polar surface area (TPSA) is 61.4 Å². The van der Waals surface area contributed by atoms with Crippen molar-refractivity contribution in [3.05, 3.63) is 68.3 Å². The molecule has 4 rings (SSSR count). The molecule has 1 aliphatic rings. The Morgan fingerprint density at radius 3 is 2.63 bits per heavy atom. The summed E-state index contributed by atoms with van der Waals surface area (Å²) in [4.78, 5) is 24.6. The lowest BCUT2D eigenvalue weighted by Crippen LogP contribution is -2.09. The van der Waals surface area contributed by atoms with Crippen LogP contribution in [0.5, 0.6) is 0 Å². The first-order valence-electron chi connectivity index (χ1n) is 9.25. The summed E-state index contributed by atoms with van der Waals surface area (Å²) in [6.45, 7) is 7.90. The fourth-order valence-electron chi connectivity index (χ4n) is 3.74. The quantitative estimate of drug-likeness (QED) is 0.504. The molecule has 0 radical (unpaired) electrons. The van der Waals surface area contributed by atoms with Gasteiger partial charge in [0.25, 0.3) is 0 Å². The van der Waals surface area contributed by atoms with E-state index in [1.807, 2.05) is 45.9 Å². The highest BCUT2D eigenvalue weighted by Gasteiger charge is 2.28. The molecule has 0 saturated heterocycles. The van der Waals surface area contributed by atoms with E-state index in [1.165, 1.54) is 6.07 Å². The number of rotatable bonds is 4. The molecule has 1 saturated carbocycles. The smallest absolute Gasteiger partial charge is 0.340 e. The van der Waals surface area contributed by atoms with Crippen molar-refractivity contribution in [1.29, 1.82) is 0 Å². The molecule has 0 unspecified atom stereocenters. The molecule has 1 aromatic carbocycles. The number of carbonyl (C=O) groups is 1. The van der Waals surface area contributed by atoms with E-state index < -0.39 is 5.63 Å². The van der Waals surface area contributed by atoms with Crippen LogP contribution < -0.4 is 5.63 Å². The van der Waals surface area contributed by atoms with Gasteiger partial charge in [0.1, 0.15) is 12.2 Å². The van der Waals surface area contributed by atoms with Crippen molar-refractivity contribution in [2.45, 2.75) is 53.2 Å². The van der Waals surface area contributed by atoms with Gasteiger partial charge >= 0.3 is 11.6 Å². The molecule has 0 bridgehead atoms. The first kappa shape index (κ1) is 17.6. The number of nitrogens with zero attached hydrogens (tertiary/aromatic N) is 1. The highest BCUT2D eigenvalue weighted by molar-refractivity contribution is 5.91. The molecule has 2 aromatic heterocycles. The number of carbonyl (C=O) groups excluding carboxylic acids is 1. The fraction of sp³-hybridized carbons (Fsp3) is 0.364. The average Bonchev–Trinajstić information content (AvgIpc) is 3.41. The standard InChI is InChI=1S/C22H23NO4/c1-12-5-8-18-16(10-20(24)27-21(18)14(12)3)11-26-22(25)19-9-13(2)23(15(19)4)17-6-7-17/h5,8-10,17H,6-7,11H2,1-4H3. The zero-order valence-electron chi connectivity index (χ0n) is 16.1. The molecule has 0 amide bonds. The molecule has 5 heteroatoms. The molecule has 0 N–H and O–H groups in total. The van der Waals surface area contributed by atoms with Gasteiger partial charge in [-0.25, -0.2) is 9.59 Å². The van der Waals surface area contributed by atoms with Gasteiger partial charge in [-0.2, -0.15) is 0 Å². The molecule has 0 aliphatic heterocycles. The number of ether oxygens (including phenoxy) is 1. The van der Waals surface area contributed by atoms with E-state index in [0.29, 0.717) is 22.8 Å². The van der Waals surface area contributed by atoms with Gasteiger partial charge in [-0.3, -0.25) is 0 Å². The summed E-state index contributed by atoms with van der Waals surface area (Å²) in [6.07, 6.45) is 2.32. The number of hydrogen-bond acceptors (Lipinski definition) is 4. The molecular weight excluding hydrogens is 342 g/mol. The van der Waals surface area contributed by atoms with Crippen LogP contribution in [0.4, 0.5) is 0 Å². The summed E-state index contributed by atoms with van der Waals surface area (Å²) in [5.41, 5.74) is 5.38. The Hall–Kier alpha value is -2.82. The van der Waals surface area contributed by atoms with Crippen molar-refractivity contribution in [2.24, 2.45) is 0 Å². The van der Waals surface area contributed by atoms with Gasteiger partial charge in [0.05, 0.1) is 5.56 Å². The third-order valence-electron chi connectivity index (χ3n) is 5.49. The maximum Gasteiger partial charge on any atom is 0.340 e. The highest BCUT2D eigenvalue weighted by atomic mass is 16.5. The summed E-state index contributed by atoms with van der Waals surface area (Å²) in [6, 6.07) is 7.69. The van der Waals surface area contributed by atoms with Gasteiger partial charge in [0, 0.05) is 34.4 Å². The minimum atomic E-state index is -0.436. The van der Waals surface area contributed by atoms with E-state index in [-0.39, 0.29) is 12.6 Å². The van der Waals surface area contributed by atoms with E-state index in [9.17, 15) is 9.59 Å². The van der Waals surface area contributed by atoms with Gasteiger partial charge < -0.3 is 13.7 Å². The van der Waals surface area contributed by atoms with Crippen LogP contribution in [-0.4, -0.2) is 10.5 Å². The monoisotopic (exact) mass is 365 g/mol. The minimum Gasteiger partial charge on any atom is -0.457 e. The SMILES string of the molecule is Cc1ccc2c(COC(=O)c3cc(C)n(C4CC4)c3C)cc(=O)oc2c1C. The summed E-state index contributed by atoms with van der Waals surface area (Å²) < 4.78 is 13.2. The number of hydrogen-bond donors (Lipinski definition) is 0. The molecule has 1 fully saturated rings. The average molecular weight is 365 g/mol. The van der Waals surface area contributed by atoms with Gasteiger partial charge in [-0.05, 0) is 57.7 Å². The maximum absolute atomic E-state index is 12.7. The summed E-state index contributed by atoms with van der Waals surface area (Å²) in [5, 5.41) is 0.800. The van der Waals surface area contributed by atoms with Crippen molar-refractivity contribution in [1.82, 2.24) is 4.57 Å². The van der Waals surface area contributed by atoms with Crippen LogP contribution in [0.2, 0.25) is 0 Å². The molecule has 27 heavy (non-hydrogen) atoms. The largest absolute Gasteiger partial charge is 0.457 e. The lowest BCUT2D eigenvalue weighted by molar-refractivity contribution is 0.0473. The lowest BCUT2D eigenvalue weighted by atomic mass is 10.0. The van der Waals surface area contributed by atoms with E-state index in [4.69, 9.17) is 9.15 Å². The normalized spacial score (nSPS) is 13.9. The predicted molar refractivity (Wildman–Crippen MR) is 103 cm³/mol. The summed E-state index contributed by atoms with van der Waals surface area (Å²) in [7, 11) is 0. The molecule has 0 atom stereocenters. The third kappa shape index (κ3) is 3.07. The van der Waals surface area contributed by atoms with Crippen LogP contribution in [0.1, 0.15) is 57.3 Å². The maximum atomic E-state index is 12.7. The minimum absolute atomic E-state index is 0.0382. The van der Waals surface area contributed by atoms with E-state index in [2.05, 4.69) is 4.57 Å². The zero-order valence-corrected chi connectivity index (χ0v) is 16.1. The molecule has 1 aliphatic carbocycles. The van der Waals surface area contributed by atoms with Crippen LogP contribution in [0.15, 0.2) is 33.5 Å². The van der Waals surface area contributed by atoms with Crippen LogP contribution in [0.25, 0.3) is 11.0 Å². The fourth-order valence-corrected chi connectivity index (χ4v) is 3.74. The molecule has 3 aromatic rings. The molecule has 2 heterocycles. The number of aryl methyl sites for hydroxylation is 3. The lowest BCUT2D eigenvalue weighted by Gasteiger charge is -2.10. The summed E-state index contributed by atoms with van der Waals surface area (Å²) >= 11 is 0. The number of aromatic nitrogens is 1. The number of esters is 1. The number of fused-ring (bicyclic) bond motifs is 1. The third-order valence-corrected chi connectivity index (χ3v) is 5.49. The van der Waals surface area contributed by atoms with E-state index in [1.54, 1.807) is 0 Å². The molecule has 140 valence electrons. The Bertz CT molecular complexity index is 1120. The first-order chi connectivity index (χ1) is 12.9. The van der Waals surface area contributed by atoms with Gasteiger partial charge in [0.15, 0.2) is 0 Å². The van der Waals surface area contributed by atoms with E-state index in [0.717, 1.165) is 40.7 Å². The molecular formula is C22H23NO4. The highest BCUT2D eigenvalue weighted by Crippen LogP contribution is 2.38. The van der Waals surface area contributed by atoms with Crippen LogP contribution >= 0.6 is 0 Å². The second-order valence-electron chi connectivity index (χ2n) is 7.44. The molecule has 0 spiro atoms. The van der Waals surface area contributed by atoms with Gasteiger partial charge in [0.2, 0.25) is 0 Å². The Labute approximate surface area is 157 Å². The van der Waals surface area contributed by atoms with Crippen LogP contribution in [0.3, 0.4) is 0 Å². The van der Waals surface area contributed by atoms with Crippen LogP contribution in [0, 0.1) is 27.7 Å². The Morgan fingerprint density at radius 1 is 1.19 bits per heavy atom. The Balaban J connectivity index is 1.62. The van der Waals surface area contributed by atoms with Crippen molar-refractivity contribution >= 4 is 16.9 Å². The van der Waals surface area contributed by atoms with Crippen molar-refractivity contribution in [2.75, 3.05) is 0 Å². The Kier molecular flexibility index (Phi) is 4.17. The van der Waals surface area contributed by atoms with Crippen molar-refractivity contribution in [3.8, 4) is 0 Å². The van der Waals surface area contributed by atoms with Crippen molar-refractivity contribution in [3.63, 3.8) is 0 Å². The summed E-state index contributed by atoms with van der Waals surface area (Å²) in [5.74, 6) is -0.361. The first-order valence-corrected chi connectivity index (χ1v) is 9.25. The van der Waals surface area contributed by atoms with E-state index >= 15 is 0 Å².